The van der Waals surface area contributed by atoms with Crippen molar-refractivity contribution in [1.82, 2.24) is 4.90 Å². The Balaban J connectivity index is 1.53. The van der Waals surface area contributed by atoms with Crippen LogP contribution >= 0.6 is 0 Å². The molecule has 40 heavy (non-hydrogen) atoms. The monoisotopic (exact) mass is 549 g/mol. The van der Waals surface area contributed by atoms with E-state index in [1.54, 1.807) is 24.3 Å². The summed E-state index contributed by atoms with van der Waals surface area (Å²) in [6, 6.07) is 25.7. The van der Waals surface area contributed by atoms with Gasteiger partial charge in [0, 0.05) is 18.2 Å². The van der Waals surface area contributed by atoms with Crippen molar-refractivity contribution in [2.75, 3.05) is 7.11 Å². The van der Waals surface area contributed by atoms with E-state index < -0.39 is 8.32 Å². The quantitative estimate of drug-likeness (QED) is 0.229. The van der Waals surface area contributed by atoms with Crippen molar-refractivity contribution in [3.63, 3.8) is 0 Å². The van der Waals surface area contributed by atoms with Crippen molar-refractivity contribution < 1.29 is 14.0 Å². The maximum absolute atomic E-state index is 13.6. The Bertz CT molecular complexity index is 1560. The zero-order valence-electron chi connectivity index (χ0n) is 23.9. The molecule has 5 rings (SSSR count). The van der Waals surface area contributed by atoms with Crippen LogP contribution in [0.3, 0.4) is 0 Å². The van der Waals surface area contributed by atoms with Crippen molar-refractivity contribution in [2.24, 2.45) is 9.98 Å². The van der Waals surface area contributed by atoms with Crippen LogP contribution in [-0.2, 0) is 11.2 Å². The van der Waals surface area contributed by atoms with Crippen LogP contribution < -0.4 is 9.16 Å². The van der Waals surface area contributed by atoms with E-state index in [1.165, 1.54) is 0 Å². The predicted octanol–water partition coefficient (Wildman–Crippen LogP) is 7.36. The molecule has 0 saturated carbocycles. The first-order chi connectivity index (χ1) is 19.0. The van der Waals surface area contributed by atoms with Gasteiger partial charge in [0.2, 0.25) is 8.32 Å². The maximum Gasteiger partial charge on any atom is 0.282 e. The fraction of sp³-hybridized carbons (Fsp3) is 0.242. The van der Waals surface area contributed by atoms with Crippen LogP contribution in [0.15, 0.2) is 101 Å². The van der Waals surface area contributed by atoms with Crippen LogP contribution in [0.25, 0.3) is 11.8 Å². The van der Waals surface area contributed by atoms with Gasteiger partial charge < -0.3 is 9.16 Å². The summed E-state index contributed by atoms with van der Waals surface area (Å²) in [5.41, 5.74) is 4.62. The highest BCUT2D eigenvalue weighted by molar-refractivity contribution is 6.74. The van der Waals surface area contributed by atoms with E-state index in [9.17, 15) is 4.79 Å². The minimum atomic E-state index is -2.02. The second-order valence-corrected chi connectivity index (χ2v) is 16.3. The van der Waals surface area contributed by atoms with Gasteiger partial charge in [0.1, 0.15) is 17.2 Å². The molecule has 2 aliphatic heterocycles. The number of hydrogen-bond acceptors (Lipinski definition) is 5. The lowest BCUT2D eigenvalue weighted by Crippen LogP contribution is -2.43. The van der Waals surface area contributed by atoms with Gasteiger partial charge in [0.05, 0.1) is 18.5 Å². The molecule has 0 N–H and O–H groups in total. The minimum absolute atomic E-state index is 0.0763. The summed E-state index contributed by atoms with van der Waals surface area (Å²) in [7, 11) is -0.400. The fourth-order valence-electron chi connectivity index (χ4n) is 4.30. The van der Waals surface area contributed by atoms with Gasteiger partial charge in [-0.3, -0.25) is 9.69 Å². The Morgan fingerprint density at radius 3 is 2.35 bits per heavy atom. The average Bonchev–Trinajstić information content (AvgIpc) is 3.24. The molecule has 0 bridgehead atoms. The first-order valence-corrected chi connectivity index (χ1v) is 16.4. The number of rotatable bonds is 7. The molecule has 7 heteroatoms. The van der Waals surface area contributed by atoms with Gasteiger partial charge >= 0.3 is 0 Å². The zero-order chi connectivity index (χ0) is 28.5. The third-order valence-electron chi connectivity index (χ3n) is 7.58. The summed E-state index contributed by atoms with van der Waals surface area (Å²) >= 11 is 0. The molecule has 0 atom stereocenters. The second-order valence-electron chi connectivity index (χ2n) is 11.5. The summed E-state index contributed by atoms with van der Waals surface area (Å²) in [5.74, 6) is 1.90. The molecular weight excluding hydrogens is 514 g/mol. The smallest absolute Gasteiger partial charge is 0.282 e. The first kappa shape index (κ1) is 27.3. The van der Waals surface area contributed by atoms with Gasteiger partial charge in [-0.2, -0.15) is 0 Å². The predicted molar refractivity (Wildman–Crippen MR) is 165 cm³/mol. The van der Waals surface area contributed by atoms with Gasteiger partial charge in [0.15, 0.2) is 5.84 Å². The third kappa shape index (κ3) is 5.70. The van der Waals surface area contributed by atoms with Crippen molar-refractivity contribution in [2.45, 2.75) is 45.3 Å². The molecule has 3 aromatic carbocycles. The number of hydrogen-bond donors (Lipinski definition) is 0. The van der Waals surface area contributed by atoms with Crippen LogP contribution in [-0.4, -0.2) is 37.8 Å². The summed E-state index contributed by atoms with van der Waals surface area (Å²) in [4.78, 5) is 25.1. The van der Waals surface area contributed by atoms with Crippen LogP contribution in [0.2, 0.25) is 18.1 Å². The fourth-order valence-corrected chi connectivity index (χ4v) is 5.32. The molecule has 204 valence electrons. The van der Waals surface area contributed by atoms with Crippen molar-refractivity contribution >= 4 is 37.5 Å². The highest BCUT2D eigenvalue weighted by Crippen LogP contribution is 2.38. The SMILES string of the molecule is COc1cccc(/C=C2/N=C3C(Cc4ccccc4)=NC(c4cccc(O[Si](C)(C)C(C)(C)C)c4)=CN3C2=O)c1. The Labute approximate surface area is 237 Å². The number of amides is 1. The number of carbonyl (C=O) groups is 1. The lowest BCUT2D eigenvalue weighted by atomic mass is 10.0. The number of nitrogens with zero attached hydrogens (tertiary/aromatic N) is 3. The largest absolute Gasteiger partial charge is 0.543 e. The average molecular weight is 550 g/mol. The highest BCUT2D eigenvalue weighted by atomic mass is 28.4. The molecule has 2 aliphatic rings. The Morgan fingerprint density at radius 1 is 0.900 bits per heavy atom. The van der Waals surface area contributed by atoms with E-state index in [4.69, 9.17) is 19.1 Å². The Hall–Kier alpha value is -4.23. The third-order valence-corrected chi connectivity index (χ3v) is 11.9. The van der Waals surface area contributed by atoms with E-state index in [2.05, 4.69) is 46.0 Å². The maximum atomic E-state index is 13.6. The molecule has 0 aromatic heterocycles. The minimum Gasteiger partial charge on any atom is -0.543 e. The summed E-state index contributed by atoms with van der Waals surface area (Å²) in [5, 5.41) is 0.0763. The summed E-state index contributed by atoms with van der Waals surface area (Å²) in [6.45, 7) is 11.1. The number of benzene rings is 3. The molecular formula is C33H35N3O3Si. The van der Waals surface area contributed by atoms with Crippen LogP contribution in [0.1, 0.15) is 37.5 Å². The van der Waals surface area contributed by atoms with E-state index in [0.29, 0.717) is 23.7 Å². The molecule has 3 aromatic rings. The molecule has 0 unspecified atom stereocenters. The number of amidine groups is 1. The van der Waals surface area contributed by atoms with Crippen LogP contribution in [0.5, 0.6) is 11.5 Å². The number of methoxy groups -OCH3 is 1. The van der Waals surface area contributed by atoms with E-state index in [-0.39, 0.29) is 10.9 Å². The summed E-state index contributed by atoms with van der Waals surface area (Å²) < 4.78 is 11.9. The summed E-state index contributed by atoms with van der Waals surface area (Å²) in [6.07, 6.45) is 4.12. The molecule has 0 radical (unpaired) electrons. The zero-order valence-corrected chi connectivity index (χ0v) is 24.9. The van der Waals surface area contributed by atoms with Gasteiger partial charge in [-0.05, 0) is 59.6 Å². The molecule has 2 heterocycles. The van der Waals surface area contributed by atoms with Gasteiger partial charge in [-0.25, -0.2) is 9.98 Å². The Kier molecular flexibility index (Phi) is 7.34. The van der Waals surface area contributed by atoms with Crippen molar-refractivity contribution in [3.05, 3.63) is 107 Å². The number of fused-ring (bicyclic) bond motifs is 1. The standard InChI is InChI=1S/C33H35N3O3Si/c1-33(2,3)40(5,6)39-27-17-11-15-25(21-27)30-22-36-31(28(34-30)19-23-12-8-7-9-13-23)35-29(32(36)37)20-24-14-10-16-26(18-24)38-4/h7-18,20-22H,19H2,1-6H3/b29-20+. The van der Waals surface area contributed by atoms with Gasteiger partial charge in [-0.15, -0.1) is 0 Å². The first-order valence-electron chi connectivity index (χ1n) is 13.5. The van der Waals surface area contributed by atoms with Gasteiger partial charge in [-0.1, -0.05) is 75.4 Å². The molecule has 6 nitrogen and oxygen atoms in total. The molecule has 0 spiro atoms. The normalized spacial score (nSPS) is 16.4. The Morgan fingerprint density at radius 2 is 1.62 bits per heavy atom. The number of aliphatic imine (C=N–C) groups is 2. The molecule has 0 saturated heterocycles. The van der Waals surface area contributed by atoms with Gasteiger partial charge in [0.25, 0.3) is 5.91 Å². The van der Waals surface area contributed by atoms with Crippen molar-refractivity contribution in [1.29, 1.82) is 0 Å². The van der Waals surface area contributed by atoms with Crippen molar-refractivity contribution in [3.8, 4) is 11.5 Å². The lowest BCUT2D eigenvalue weighted by Gasteiger charge is -2.36. The number of carbonyl (C=O) groups excluding carboxylic acids is 1. The van der Waals surface area contributed by atoms with E-state index >= 15 is 0 Å². The van der Waals surface area contributed by atoms with E-state index in [1.807, 2.05) is 66.7 Å². The van der Waals surface area contributed by atoms with Crippen LogP contribution in [0.4, 0.5) is 0 Å². The van der Waals surface area contributed by atoms with Crippen LogP contribution in [0, 0.1) is 0 Å². The molecule has 0 fully saturated rings. The molecule has 1 amide bonds. The molecule has 0 aliphatic carbocycles. The second kappa shape index (κ2) is 10.7. The topological polar surface area (TPSA) is 63.5 Å². The highest BCUT2D eigenvalue weighted by Gasteiger charge is 2.39. The van der Waals surface area contributed by atoms with E-state index in [0.717, 1.165) is 33.9 Å². The lowest BCUT2D eigenvalue weighted by molar-refractivity contribution is -0.120. The number of ether oxygens (including phenoxy) is 1.